The molecule has 0 unspecified atom stereocenters. The highest BCUT2D eigenvalue weighted by Gasteiger charge is 2.51. The van der Waals surface area contributed by atoms with Crippen molar-refractivity contribution >= 4 is 61.0 Å². The van der Waals surface area contributed by atoms with Gasteiger partial charge in [-0.15, -0.1) is 0 Å². The van der Waals surface area contributed by atoms with Crippen LogP contribution in [0, 0.1) is 0 Å². The number of rotatable bonds is 10. The van der Waals surface area contributed by atoms with Crippen molar-refractivity contribution < 1.29 is 29.1 Å². The van der Waals surface area contributed by atoms with Crippen LogP contribution in [0.3, 0.4) is 0 Å². The molecule has 12 heteroatoms. The average Bonchev–Trinajstić information content (AvgIpc) is 3.50. The smallest absolute Gasteiger partial charge is 0.329 e. The standard InChI is InChI=1S/C14H16Si.C13H14OSi.C11H20N2O2.C8H14N2O3/c1-15(2,13-9-5-3-6-10-13)14-11-7-4-8-12-14;1-15(14,12-8-4-2-5-9-12)13-10-6-3-7-11-13;1-5-7-12-9(14)11(3,4)13(8-6-2)10(12)15;1-4-9-6(12)8(2,3)10(5-11)7(9)13/h3-12H,1-2H3;2-11,14H,1H3;5-8H2,1-4H3;11H,4-5H2,1-3H3. The molecule has 0 aromatic heterocycles. The monoisotopic (exact) mass is 824 g/mol. The molecule has 4 aromatic rings. The van der Waals surface area contributed by atoms with Crippen molar-refractivity contribution in [1.29, 1.82) is 0 Å². The Morgan fingerprint density at radius 2 is 0.828 bits per heavy atom. The van der Waals surface area contributed by atoms with Crippen molar-refractivity contribution in [3.05, 3.63) is 121 Å². The van der Waals surface area contributed by atoms with E-state index >= 15 is 0 Å². The minimum atomic E-state index is -2.46. The van der Waals surface area contributed by atoms with Crippen molar-refractivity contribution in [3.63, 3.8) is 0 Å². The summed E-state index contributed by atoms with van der Waals surface area (Å²) in [6.07, 6.45) is 1.69. The van der Waals surface area contributed by atoms with Crippen molar-refractivity contribution in [2.24, 2.45) is 0 Å². The van der Waals surface area contributed by atoms with Crippen LogP contribution in [0.15, 0.2) is 121 Å². The fourth-order valence-electron chi connectivity index (χ4n) is 6.94. The van der Waals surface area contributed by atoms with Crippen molar-refractivity contribution in [2.45, 2.75) is 92.0 Å². The summed E-state index contributed by atoms with van der Waals surface area (Å²) in [5.74, 6) is -0.322. The Kier molecular flexibility index (Phi) is 16.9. The minimum Gasteiger partial charge on any atom is -0.424 e. The SMILES string of the molecule is CCCN1C(=O)N(CCC)C(C)(C)C1=O.CCN1C(=O)N(CO)C(C)(C)C1=O.C[Si](C)(c1ccccc1)c1ccccc1.C[Si](O)(c1ccccc1)c1ccccc1. The molecule has 0 bridgehead atoms. The van der Waals surface area contributed by atoms with E-state index in [0.29, 0.717) is 19.6 Å². The number of aliphatic hydroxyl groups excluding tert-OH is 1. The van der Waals surface area contributed by atoms with Crippen LogP contribution < -0.4 is 20.7 Å². The highest BCUT2D eigenvalue weighted by molar-refractivity contribution is 7.00. The third-order valence-electron chi connectivity index (χ3n) is 10.8. The molecule has 6 rings (SSSR count). The molecule has 2 aliphatic rings. The zero-order valence-electron chi connectivity index (χ0n) is 36.1. The third-order valence-corrected chi connectivity index (χ3v) is 17.3. The molecule has 2 saturated heterocycles. The van der Waals surface area contributed by atoms with E-state index in [2.05, 4.69) is 73.8 Å². The molecule has 58 heavy (non-hydrogen) atoms. The topological polar surface area (TPSA) is 122 Å². The number of urea groups is 2. The summed E-state index contributed by atoms with van der Waals surface area (Å²) >= 11 is 0. The second-order valence-electron chi connectivity index (χ2n) is 16.1. The fourth-order valence-corrected chi connectivity index (χ4v) is 11.3. The van der Waals surface area contributed by atoms with Gasteiger partial charge in [0.25, 0.3) is 11.8 Å². The first kappa shape index (κ1) is 47.5. The van der Waals surface area contributed by atoms with Crippen LogP contribution in [-0.4, -0.2) is 107 Å². The van der Waals surface area contributed by atoms with Crippen LogP contribution in [0.2, 0.25) is 19.6 Å². The molecule has 2 heterocycles. The lowest BCUT2D eigenvalue weighted by Crippen LogP contribution is -2.55. The van der Waals surface area contributed by atoms with Crippen molar-refractivity contribution in [2.75, 3.05) is 26.4 Å². The number of nitrogens with zero attached hydrogens (tertiary/aromatic N) is 4. The molecular formula is C46H64N4O6Si2. The van der Waals surface area contributed by atoms with E-state index in [9.17, 15) is 24.0 Å². The lowest BCUT2D eigenvalue weighted by Gasteiger charge is -2.27. The van der Waals surface area contributed by atoms with Gasteiger partial charge in [0.15, 0.2) is 0 Å². The van der Waals surface area contributed by atoms with Gasteiger partial charge in [0.05, 0.1) is 0 Å². The molecule has 4 aromatic carbocycles. The van der Waals surface area contributed by atoms with Gasteiger partial charge in [0.2, 0.25) is 8.32 Å². The first-order valence-corrected chi connectivity index (χ1v) is 25.6. The minimum absolute atomic E-state index is 0.0669. The van der Waals surface area contributed by atoms with E-state index in [0.717, 1.165) is 33.0 Å². The summed E-state index contributed by atoms with van der Waals surface area (Å²) in [7, 11) is -3.91. The second kappa shape index (κ2) is 20.7. The van der Waals surface area contributed by atoms with E-state index in [-0.39, 0.29) is 17.8 Å². The normalized spacial score (nSPS) is 15.9. The van der Waals surface area contributed by atoms with Crippen molar-refractivity contribution in [1.82, 2.24) is 19.6 Å². The zero-order valence-corrected chi connectivity index (χ0v) is 38.1. The maximum atomic E-state index is 12.0. The number of hydrogen-bond acceptors (Lipinski definition) is 6. The van der Waals surface area contributed by atoms with Crippen LogP contribution >= 0.6 is 0 Å². The number of amides is 6. The lowest BCUT2D eigenvalue weighted by atomic mass is 10.0. The van der Waals surface area contributed by atoms with Crippen LogP contribution in [0.25, 0.3) is 0 Å². The second-order valence-corrected chi connectivity index (χ2v) is 23.8. The van der Waals surface area contributed by atoms with Crippen molar-refractivity contribution in [3.8, 4) is 0 Å². The lowest BCUT2D eigenvalue weighted by molar-refractivity contribution is -0.132. The van der Waals surface area contributed by atoms with Crippen LogP contribution in [0.5, 0.6) is 0 Å². The quantitative estimate of drug-likeness (QED) is 0.156. The van der Waals surface area contributed by atoms with E-state index in [4.69, 9.17) is 5.11 Å². The Balaban J connectivity index is 0.000000207. The Hall–Kier alpha value is -4.89. The Morgan fingerprint density at radius 3 is 1.14 bits per heavy atom. The molecule has 2 aliphatic heterocycles. The zero-order chi connectivity index (χ0) is 43.3. The molecule has 6 amide bonds. The molecule has 10 nitrogen and oxygen atoms in total. The summed E-state index contributed by atoms with van der Waals surface area (Å²) in [4.78, 5) is 62.9. The van der Waals surface area contributed by atoms with Gasteiger partial charge < -0.3 is 14.8 Å². The summed E-state index contributed by atoms with van der Waals surface area (Å²) in [5, 5.41) is 14.0. The van der Waals surface area contributed by atoms with E-state index in [1.165, 1.54) is 15.3 Å². The van der Waals surface area contributed by atoms with Gasteiger partial charge >= 0.3 is 12.1 Å². The molecule has 312 valence electrons. The first-order chi connectivity index (χ1) is 27.3. The molecule has 0 radical (unpaired) electrons. The molecule has 0 aliphatic carbocycles. The largest absolute Gasteiger partial charge is 0.424 e. The van der Waals surface area contributed by atoms with Gasteiger partial charge in [0, 0.05) is 19.6 Å². The Labute approximate surface area is 348 Å². The van der Waals surface area contributed by atoms with Gasteiger partial charge in [0.1, 0.15) is 25.9 Å². The average molecular weight is 825 g/mol. The number of hydrogen-bond donors (Lipinski definition) is 2. The van der Waals surface area contributed by atoms with E-state index in [1.54, 1.807) is 25.7 Å². The Bertz CT molecular complexity index is 1760. The fraction of sp³-hybridized carbons (Fsp3) is 0.391. The maximum Gasteiger partial charge on any atom is 0.329 e. The number of likely N-dealkylation sites (N-methyl/N-ethyl adjacent to an activating group) is 1. The predicted molar refractivity (Wildman–Crippen MR) is 240 cm³/mol. The summed E-state index contributed by atoms with van der Waals surface area (Å²) < 4.78 is 0. The van der Waals surface area contributed by atoms with E-state index in [1.807, 2.05) is 94.9 Å². The van der Waals surface area contributed by atoms with Crippen LogP contribution in [0.4, 0.5) is 9.59 Å². The van der Waals surface area contributed by atoms with Crippen LogP contribution in [0.1, 0.15) is 61.3 Å². The predicted octanol–water partition coefficient (Wildman–Crippen LogP) is 5.73. The number of carbonyl (C=O) groups excluding carboxylic acids is 4. The molecule has 0 saturated carbocycles. The highest BCUT2D eigenvalue weighted by atomic mass is 28.4. The molecular weight excluding hydrogens is 761 g/mol. The number of benzene rings is 4. The summed E-state index contributed by atoms with van der Waals surface area (Å²) in [6.45, 7) is 20.5. The van der Waals surface area contributed by atoms with Gasteiger partial charge in [-0.2, -0.15) is 0 Å². The molecule has 0 atom stereocenters. The van der Waals surface area contributed by atoms with Crippen LogP contribution in [-0.2, 0) is 9.59 Å². The van der Waals surface area contributed by atoms with Gasteiger partial charge in [-0.3, -0.25) is 24.3 Å². The van der Waals surface area contributed by atoms with E-state index < -0.39 is 40.2 Å². The number of aliphatic hydroxyl groups is 1. The van der Waals surface area contributed by atoms with Gasteiger partial charge in [-0.1, -0.05) is 159 Å². The van der Waals surface area contributed by atoms with Gasteiger partial charge in [-0.25, -0.2) is 9.59 Å². The van der Waals surface area contributed by atoms with Gasteiger partial charge in [-0.05, 0) is 64.4 Å². The number of carbonyl (C=O) groups is 4. The highest BCUT2D eigenvalue weighted by Crippen LogP contribution is 2.28. The maximum absolute atomic E-state index is 12.0. The summed E-state index contributed by atoms with van der Waals surface area (Å²) in [5.41, 5.74) is -1.58. The number of imide groups is 2. The molecule has 2 fully saturated rings. The Morgan fingerprint density at radius 1 is 0.500 bits per heavy atom. The molecule has 2 N–H and O–H groups in total. The third kappa shape index (κ3) is 10.8. The molecule has 0 spiro atoms. The summed E-state index contributed by atoms with van der Waals surface area (Å²) in [6, 6.07) is 41.0. The first-order valence-electron chi connectivity index (χ1n) is 20.2.